The lowest BCUT2D eigenvalue weighted by atomic mass is 10.00. The summed E-state index contributed by atoms with van der Waals surface area (Å²) in [7, 11) is -3.09. The topological polar surface area (TPSA) is 80.1 Å². The van der Waals surface area contributed by atoms with E-state index in [0.29, 0.717) is 31.6 Å². The standard InChI is InChI=1S/C13H25N5O2S/c1-11(2)14-7-13-10-17(16-15-13)8-12-5-4-6-18(9-12)21(3,19)20/h10-12,14H,4-9H2,1-3H3. The molecule has 2 rings (SSSR count). The zero-order chi connectivity index (χ0) is 15.5. The van der Waals surface area contributed by atoms with Crippen molar-refractivity contribution in [2.75, 3.05) is 19.3 Å². The van der Waals surface area contributed by atoms with Gasteiger partial charge >= 0.3 is 0 Å². The van der Waals surface area contributed by atoms with E-state index in [-0.39, 0.29) is 0 Å². The molecule has 2 heterocycles. The second-order valence-electron chi connectivity index (χ2n) is 6.10. The molecule has 1 unspecified atom stereocenters. The lowest BCUT2D eigenvalue weighted by Gasteiger charge is -2.30. The quantitative estimate of drug-likeness (QED) is 0.824. The second-order valence-corrected chi connectivity index (χ2v) is 8.08. The molecule has 0 amide bonds. The van der Waals surface area contributed by atoms with Crippen molar-refractivity contribution in [3.63, 3.8) is 0 Å². The summed E-state index contributed by atoms with van der Waals surface area (Å²) in [6, 6.07) is 0.414. The van der Waals surface area contributed by atoms with Crippen LogP contribution < -0.4 is 5.32 Å². The molecule has 0 radical (unpaired) electrons. The molecular weight excluding hydrogens is 290 g/mol. The summed E-state index contributed by atoms with van der Waals surface area (Å²) in [6.07, 6.45) is 5.16. The minimum atomic E-state index is -3.09. The lowest BCUT2D eigenvalue weighted by molar-refractivity contribution is 0.239. The Labute approximate surface area is 126 Å². The Morgan fingerprint density at radius 3 is 2.90 bits per heavy atom. The summed E-state index contributed by atoms with van der Waals surface area (Å²) < 4.78 is 26.6. The van der Waals surface area contributed by atoms with E-state index in [1.807, 2.05) is 10.9 Å². The SMILES string of the molecule is CC(C)NCc1cn(CC2CCCN(S(C)(=O)=O)C2)nn1. The molecule has 1 N–H and O–H groups in total. The predicted molar refractivity (Wildman–Crippen MR) is 81.1 cm³/mol. The highest BCUT2D eigenvalue weighted by molar-refractivity contribution is 7.88. The first-order valence-electron chi connectivity index (χ1n) is 7.42. The summed E-state index contributed by atoms with van der Waals surface area (Å²) in [5.74, 6) is 0.307. The van der Waals surface area contributed by atoms with Crippen molar-refractivity contribution in [3.8, 4) is 0 Å². The Kier molecular flexibility index (Phi) is 5.34. The third-order valence-corrected chi connectivity index (χ3v) is 4.94. The van der Waals surface area contributed by atoms with E-state index in [1.165, 1.54) is 6.26 Å². The van der Waals surface area contributed by atoms with Crippen LogP contribution in [-0.2, 0) is 23.1 Å². The Hall–Kier alpha value is -0.990. The maximum atomic E-state index is 11.6. The minimum absolute atomic E-state index is 0.307. The van der Waals surface area contributed by atoms with Gasteiger partial charge in [-0.25, -0.2) is 12.7 Å². The molecule has 1 aliphatic rings. The fraction of sp³-hybridized carbons (Fsp3) is 0.846. The van der Waals surface area contributed by atoms with Crippen LogP contribution in [0.2, 0.25) is 0 Å². The average Bonchev–Trinajstić information content (AvgIpc) is 2.83. The number of hydrogen-bond donors (Lipinski definition) is 1. The molecular formula is C13H25N5O2S. The van der Waals surface area contributed by atoms with E-state index < -0.39 is 10.0 Å². The molecule has 1 aromatic heterocycles. The second kappa shape index (κ2) is 6.85. The van der Waals surface area contributed by atoms with Crippen LogP contribution in [0.25, 0.3) is 0 Å². The number of rotatable bonds is 6. The highest BCUT2D eigenvalue weighted by Crippen LogP contribution is 2.20. The Bertz CT molecular complexity index is 555. The van der Waals surface area contributed by atoms with E-state index in [4.69, 9.17) is 0 Å². The van der Waals surface area contributed by atoms with Gasteiger partial charge in [-0.1, -0.05) is 19.1 Å². The Morgan fingerprint density at radius 2 is 2.24 bits per heavy atom. The summed E-state index contributed by atoms with van der Waals surface area (Å²) in [4.78, 5) is 0. The monoisotopic (exact) mass is 315 g/mol. The van der Waals surface area contributed by atoms with Crippen molar-refractivity contribution in [2.45, 2.75) is 45.8 Å². The molecule has 1 saturated heterocycles. The first-order valence-corrected chi connectivity index (χ1v) is 9.27. The minimum Gasteiger partial charge on any atom is -0.309 e. The highest BCUT2D eigenvalue weighted by atomic mass is 32.2. The molecule has 0 aliphatic carbocycles. The van der Waals surface area contributed by atoms with Gasteiger partial charge in [-0.3, -0.25) is 4.68 Å². The third-order valence-electron chi connectivity index (χ3n) is 3.67. The Balaban J connectivity index is 1.89. The van der Waals surface area contributed by atoms with Gasteiger partial charge in [-0.2, -0.15) is 0 Å². The van der Waals surface area contributed by atoms with E-state index in [2.05, 4.69) is 29.5 Å². The van der Waals surface area contributed by atoms with Crippen LogP contribution in [0.1, 0.15) is 32.4 Å². The van der Waals surface area contributed by atoms with E-state index in [0.717, 1.165) is 25.1 Å². The van der Waals surface area contributed by atoms with Crippen LogP contribution in [-0.4, -0.2) is 53.1 Å². The number of nitrogens with one attached hydrogen (secondary N) is 1. The molecule has 1 fully saturated rings. The Morgan fingerprint density at radius 1 is 1.48 bits per heavy atom. The van der Waals surface area contributed by atoms with Gasteiger partial charge in [-0.05, 0) is 18.8 Å². The molecule has 0 aromatic carbocycles. The van der Waals surface area contributed by atoms with Crippen molar-refractivity contribution in [2.24, 2.45) is 5.92 Å². The number of aromatic nitrogens is 3. The predicted octanol–water partition coefficient (Wildman–Crippen LogP) is 0.448. The third kappa shape index (κ3) is 5.05. The number of hydrogen-bond acceptors (Lipinski definition) is 5. The number of sulfonamides is 1. The summed E-state index contributed by atoms with van der Waals surface area (Å²) in [6.45, 7) is 6.82. The molecule has 1 atom stereocenters. The van der Waals surface area contributed by atoms with Crippen molar-refractivity contribution in [3.05, 3.63) is 11.9 Å². The molecule has 7 nitrogen and oxygen atoms in total. The van der Waals surface area contributed by atoms with Gasteiger partial charge in [0.2, 0.25) is 10.0 Å². The zero-order valence-corrected chi connectivity index (χ0v) is 13.8. The molecule has 120 valence electrons. The largest absolute Gasteiger partial charge is 0.309 e. The van der Waals surface area contributed by atoms with Gasteiger partial charge in [0.25, 0.3) is 0 Å². The van der Waals surface area contributed by atoms with Crippen LogP contribution in [0.4, 0.5) is 0 Å². The van der Waals surface area contributed by atoms with E-state index in [9.17, 15) is 8.42 Å². The van der Waals surface area contributed by atoms with Crippen molar-refractivity contribution < 1.29 is 8.42 Å². The fourth-order valence-corrected chi connectivity index (χ4v) is 3.50. The fourth-order valence-electron chi connectivity index (χ4n) is 2.56. The summed E-state index contributed by atoms with van der Waals surface area (Å²) in [5, 5.41) is 11.6. The molecule has 1 aliphatic heterocycles. The lowest BCUT2D eigenvalue weighted by Crippen LogP contribution is -2.40. The average molecular weight is 315 g/mol. The van der Waals surface area contributed by atoms with Crippen LogP contribution >= 0.6 is 0 Å². The van der Waals surface area contributed by atoms with Crippen molar-refractivity contribution >= 4 is 10.0 Å². The molecule has 0 spiro atoms. The smallest absolute Gasteiger partial charge is 0.211 e. The molecule has 1 aromatic rings. The van der Waals surface area contributed by atoms with Gasteiger partial charge in [0.15, 0.2) is 0 Å². The van der Waals surface area contributed by atoms with Gasteiger partial charge in [0.05, 0.1) is 11.9 Å². The first-order chi connectivity index (χ1) is 9.84. The van der Waals surface area contributed by atoms with Crippen LogP contribution in [0.5, 0.6) is 0 Å². The molecule has 0 saturated carbocycles. The van der Waals surface area contributed by atoms with Gasteiger partial charge in [-0.15, -0.1) is 5.10 Å². The summed E-state index contributed by atoms with van der Waals surface area (Å²) >= 11 is 0. The molecule has 21 heavy (non-hydrogen) atoms. The van der Waals surface area contributed by atoms with Crippen molar-refractivity contribution in [1.82, 2.24) is 24.6 Å². The first kappa shape index (κ1) is 16.4. The summed E-state index contributed by atoms with van der Waals surface area (Å²) in [5.41, 5.74) is 0.916. The number of piperidine rings is 1. The maximum absolute atomic E-state index is 11.6. The normalized spacial score (nSPS) is 21.0. The van der Waals surface area contributed by atoms with E-state index >= 15 is 0 Å². The van der Waals surface area contributed by atoms with E-state index in [1.54, 1.807) is 4.31 Å². The van der Waals surface area contributed by atoms with Gasteiger partial charge < -0.3 is 5.32 Å². The van der Waals surface area contributed by atoms with Gasteiger partial charge in [0.1, 0.15) is 0 Å². The van der Waals surface area contributed by atoms with Crippen LogP contribution in [0, 0.1) is 5.92 Å². The molecule has 0 bridgehead atoms. The number of nitrogens with zero attached hydrogens (tertiary/aromatic N) is 4. The highest BCUT2D eigenvalue weighted by Gasteiger charge is 2.26. The van der Waals surface area contributed by atoms with Gasteiger partial charge in [0, 0.05) is 38.4 Å². The zero-order valence-electron chi connectivity index (χ0n) is 13.0. The maximum Gasteiger partial charge on any atom is 0.211 e. The van der Waals surface area contributed by atoms with Crippen LogP contribution in [0.15, 0.2) is 6.20 Å². The molecule has 8 heteroatoms. The van der Waals surface area contributed by atoms with Crippen LogP contribution in [0.3, 0.4) is 0 Å². The van der Waals surface area contributed by atoms with Crippen molar-refractivity contribution in [1.29, 1.82) is 0 Å².